The first-order valence-electron chi connectivity index (χ1n) is 7.65. The number of nitrogens with zero attached hydrogens (tertiary/aromatic N) is 4. The second kappa shape index (κ2) is 6.62. The quantitative estimate of drug-likeness (QED) is 0.689. The fourth-order valence-corrected chi connectivity index (χ4v) is 3.47. The maximum absolute atomic E-state index is 12.1. The van der Waals surface area contributed by atoms with E-state index in [1.165, 1.54) is 18.4 Å². The Balaban J connectivity index is 1.96. The lowest BCUT2D eigenvalue weighted by atomic mass is 10.3. The molecule has 0 fully saturated rings. The highest BCUT2D eigenvalue weighted by Gasteiger charge is 2.17. The second-order valence-electron chi connectivity index (χ2n) is 5.66. The van der Waals surface area contributed by atoms with Crippen molar-refractivity contribution in [3.8, 4) is 0 Å². The van der Waals surface area contributed by atoms with Crippen LogP contribution in [0.15, 0.2) is 41.4 Å². The molecule has 0 aliphatic rings. The van der Waals surface area contributed by atoms with E-state index in [1.807, 2.05) is 6.92 Å². The van der Waals surface area contributed by atoms with Crippen LogP contribution in [0.1, 0.15) is 12.5 Å². The predicted molar refractivity (Wildman–Crippen MR) is 98.0 cm³/mol. The van der Waals surface area contributed by atoms with Gasteiger partial charge in [0.2, 0.25) is 10.0 Å². The minimum atomic E-state index is -3.45. The molecule has 0 spiro atoms. The Hall–Kier alpha value is -2.16. The van der Waals surface area contributed by atoms with Gasteiger partial charge in [-0.1, -0.05) is 18.5 Å². The monoisotopic (exact) mass is 379 g/mol. The number of fused-ring (bicyclic) bond motifs is 1. The Morgan fingerprint density at radius 2 is 1.92 bits per heavy atom. The first kappa shape index (κ1) is 17.7. The fourth-order valence-electron chi connectivity index (χ4n) is 2.39. The molecule has 0 amide bonds. The Kier molecular flexibility index (Phi) is 4.68. The topological polar surface area (TPSA) is 79.6 Å². The summed E-state index contributed by atoms with van der Waals surface area (Å²) in [7, 11) is -0.451. The average molecular weight is 380 g/mol. The number of sulfonamides is 1. The van der Waals surface area contributed by atoms with Gasteiger partial charge in [-0.05, 0) is 30.7 Å². The van der Waals surface area contributed by atoms with E-state index in [4.69, 9.17) is 11.6 Å². The van der Waals surface area contributed by atoms with Crippen molar-refractivity contribution in [2.45, 2.75) is 18.2 Å². The lowest BCUT2D eigenvalue weighted by molar-refractivity contribution is 0.521. The van der Waals surface area contributed by atoms with Crippen LogP contribution in [0.5, 0.6) is 0 Å². The van der Waals surface area contributed by atoms with Gasteiger partial charge in [0.1, 0.15) is 11.0 Å². The molecule has 7 nitrogen and oxygen atoms in total. The van der Waals surface area contributed by atoms with E-state index in [1.54, 1.807) is 41.0 Å². The first-order chi connectivity index (χ1) is 11.8. The molecule has 0 saturated heterocycles. The summed E-state index contributed by atoms with van der Waals surface area (Å²) in [4.78, 5) is 4.55. The van der Waals surface area contributed by atoms with Gasteiger partial charge in [-0.3, -0.25) is 0 Å². The van der Waals surface area contributed by atoms with Crippen LogP contribution in [0, 0.1) is 0 Å². The third-order valence-electron chi connectivity index (χ3n) is 3.80. The van der Waals surface area contributed by atoms with E-state index in [-0.39, 0.29) is 4.90 Å². The molecule has 2 heterocycles. The van der Waals surface area contributed by atoms with Crippen molar-refractivity contribution in [2.75, 3.05) is 19.4 Å². The number of halogens is 1. The Morgan fingerprint density at radius 3 is 2.52 bits per heavy atom. The average Bonchev–Trinajstić information content (AvgIpc) is 2.98. The molecular weight excluding hydrogens is 362 g/mol. The number of hydrogen-bond donors (Lipinski definition) is 1. The summed E-state index contributed by atoms with van der Waals surface area (Å²) in [5.41, 5.74) is 2.41. The summed E-state index contributed by atoms with van der Waals surface area (Å²) in [5, 5.41) is 7.90. The minimum absolute atomic E-state index is 0.230. The van der Waals surface area contributed by atoms with Crippen molar-refractivity contribution in [1.82, 2.24) is 18.9 Å². The van der Waals surface area contributed by atoms with Gasteiger partial charge in [-0.15, -0.1) is 0 Å². The van der Waals surface area contributed by atoms with Gasteiger partial charge in [-0.2, -0.15) is 9.61 Å². The lowest BCUT2D eigenvalue weighted by Gasteiger charge is -2.13. The molecule has 0 radical (unpaired) electrons. The number of rotatable bonds is 5. The van der Waals surface area contributed by atoms with Crippen molar-refractivity contribution in [1.29, 1.82) is 0 Å². The normalized spacial score (nSPS) is 12.0. The van der Waals surface area contributed by atoms with Gasteiger partial charge in [-0.25, -0.2) is 17.7 Å². The van der Waals surface area contributed by atoms with Crippen LogP contribution in [-0.4, -0.2) is 41.4 Å². The summed E-state index contributed by atoms with van der Waals surface area (Å²) >= 11 is 6.12. The van der Waals surface area contributed by atoms with Crippen molar-refractivity contribution in [2.24, 2.45) is 0 Å². The highest BCUT2D eigenvalue weighted by atomic mass is 35.5. The van der Waals surface area contributed by atoms with Crippen LogP contribution >= 0.6 is 11.6 Å². The highest BCUT2D eigenvalue weighted by Crippen LogP contribution is 2.24. The maximum Gasteiger partial charge on any atom is 0.242 e. The van der Waals surface area contributed by atoms with Crippen molar-refractivity contribution < 1.29 is 8.42 Å². The van der Waals surface area contributed by atoms with Gasteiger partial charge in [0, 0.05) is 31.4 Å². The zero-order valence-corrected chi connectivity index (χ0v) is 15.6. The summed E-state index contributed by atoms with van der Waals surface area (Å²) < 4.78 is 27.1. The molecular formula is C16H18ClN5O2S. The highest BCUT2D eigenvalue weighted by molar-refractivity contribution is 7.89. The molecule has 1 N–H and O–H groups in total. The van der Waals surface area contributed by atoms with E-state index >= 15 is 0 Å². The number of aryl methyl sites for hydroxylation is 1. The van der Waals surface area contributed by atoms with Crippen molar-refractivity contribution in [3.63, 3.8) is 0 Å². The molecule has 3 rings (SSSR count). The number of anilines is 2. The maximum atomic E-state index is 12.1. The molecule has 0 atom stereocenters. The molecule has 0 aliphatic heterocycles. The number of nitrogens with one attached hydrogen (secondary N) is 1. The zero-order chi connectivity index (χ0) is 18.2. The zero-order valence-electron chi connectivity index (χ0n) is 14.1. The Labute approximate surface area is 151 Å². The summed E-state index contributed by atoms with van der Waals surface area (Å²) in [6, 6.07) is 8.17. The molecule has 132 valence electrons. The second-order valence-corrected chi connectivity index (χ2v) is 8.20. The van der Waals surface area contributed by atoms with Gasteiger partial charge in [0.15, 0.2) is 5.65 Å². The van der Waals surface area contributed by atoms with Crippen LogP contribution in [-0.2, 0) is 16.4 Å². The fraction of sp³-hybridized carbons (Fsp3) is 0.250. The first-order valence-corrected chi connectivity index (χ1v) is 9.47. The molecule has 0 unspecified atom stereocenters. The molecule has 2 aromatic heterocycles. The van der Waals surface area contributed by atoms with E-state index < -0.39 is 10.0 Å². The molecule has 0 saturated carbocycles. The Bertz CT molecular complexity index is 1010. The van der Waals surface area contributed by atoms with Crippen LogP contribution in [0.2, 0.25) is 5.15 Å². The van der Waals surface area contributed by atoms with Gasteiger partial charge in [0.05, 0.1) is 11.1 Å². The SMILES string of the molecule is CCc1cnn2c(Nc3ccc(S(=O)(=O)N(C)C)cc3)cc(Cl)nc12. The third-order valence-corrected chi connectivity index (χ3v) is 5.82. The number of benzene rings is 1. The molecule has 25 heavy (non-hydrogen) atoms. The van der Waals surface area contributed by atoms with Crippen LogP contribution in [0.25, 0.3) is 5.65 Å². The van der Waals surface area contributed by atoms with Crippen LogP contribution in [0.4, 0.5) is 11.5 Å². The molecule has 0 bridgehead atoms. The van der Waals surface area contributed by atoms with Crippen LogP contribution < -0.4 is 5.32 Å². The summed E-state index contributed by atoms with van der Waals surface area (Å²) in [6.45, 7) is 2.02. The standard InChI is InChI=1S/C16H18ClN5O2S/c1-4-11-10-18-22-15(9-14(17)20-16(11)22)19-12-5-7-13(8-6-12)25(23,24)21(2)3/h5-10,19H,4H2,1-3H3. The van der Waals surface area contributed by atoms with E-state index in [9.17, 15) is 8.42 Å². The largest absolute Gasteiger partial charge is 0.340 e. The number of aromatic nitrogens is 3. The predicted octanol–water partition coefficient (Wildman–Crippen LogP) is 2.94. The van der Waals surface area contributed by atoms with Gasteiger partial charge >= 0.3 is 0 Å². The number of hydrogen-bond acceptors (Lipinski definition) is 5. The smallest absolute Gasteiger partial charge is 0.242 e. The summed E-state index contributed by atoms with van der Waals surface area (Å²) in [5.74, 6) is 0.651. The van der Waals surface area contributed by atoms with Gasteiger partial charge in [0.25, 0.3) is 0 Å². The summed E-state index contributed by atoms with van der Waals surface area (Å²) in [6.07, 6.45) is 2.56. The van der Waals surface area contributed by atoms with E-state index in [0.29, 0.717) is 16.6 Å². The van der Waals surface area contributed by atoms with Gasteiger partial charge < -0.3 is 5.32 Å². The molecule has 1 aromatic carbocycles. The van der Waals surface area contributed by atoms with E-state index in [2.05, 4.69) is 15.4 Å². The Morgan fingerprint density at radius 1 is 1.24 bits per heavy atom. The lowest BCUT2D eigenvalue weighted by Crippen LogP contribution is -2.22. The molecule has 3 aromatic rings. The molecule has 9 heteroatoms. The minimum Gasteiger partial charge on any atom is -0.340 e. The van der Waals surface area contributed by atoms with Crippen LogP contribution in [0.3, 0.4) is 0 Å². The van der Waals surface area contributed by atoms with Crippen molar-refractivity contribution >= 4 is 38.8 Å². The third kappa shape index (κ3) is 3.33. The van der Waals surface area contributed by atoms with E-state index in [0.717, 1.165) is 17.7 Å². The molecule has 0 aliphatic carbocycles. The van der Waals surface area contributed by atoms with Crippen molar-refractivity contribution in [3.05, 3.63) is 47.2 Å².